The molecule has 1 atom stereocenters. The summed E-state index contributed by atoms with van der Waals surface area (Å²) in [6.07, 6.45) is 4.79. The van der Waals surface area contributed by atoms with Crippen LogP contribution in [0.1, 0.15) is 32.8 Å². The van der Waals surface area contributed by atoms with E-state index in [4.69, 9.17) is 0 Å². The van der Waals surface area contributed by atoms with Gasteiger partial charge in [0.15, 0.2) is 0 Å². The fraction of sp³-hybridized carbons (Fsp3) is 0.750. The Morgan fingerprint density at radius 2 is 2.19 bits per heavy atom. The van der Waals surface area contributed by atoms with Crippen molar-refractivity contribution in [2.24, 2.45) is 12.5 Å². The molecular weight excluding hydrogens is 202 g/mol. The maximum absolute atomic E-state index is 9.29. The highest BCUT2D eigenvalue weighted by atomic mass is 16.3. The summed E-state index contributed by atoms with van der Waals surface area (Å²) in [5.74, 6) is 0. The van der Waals surface area contributed by atoms with Crippen LogP contribution in [0, 0.1) is 5.41 Å². The number of hydrogen-bond acceptors (Lipinski definition) is 3. The number of aliphatic hydroxyl groups excluding tert-OH is 1. The van der Waals surface area contributed by atoms with Gasteiger partial charge in [-0.05, 0) is 11.8 Å². The van der Waals surface area contributed by atoms with Gasteiger partial charge in [-0.25, -0.2) is 0 Å². The molecule has 4 nitrogen and oxygen atoms in total. The van der Waals surface area contributed by atoms with Gasteiger partial charge in [-0.1, -0.05) is 20.8 Å². The van der Waals surface area contributed by atoms with Gasteiger partial charge in [-0.3, -0.25) is 4.68 Å². The summed E-state index contributed by atoms with van der Waals surface area (Å²) in [6.45, 7) is 7.48. The van der Waals surface area contributed by atoms with Crippen LogP contribution >= 0.6 is 0 Å². The number of aliphatic hydroxyl groups is 1. The molecule has 0 aliphatic rings. The monoisotopic (exact) mass is 225 g/mol. The predicted octanol–water partition coefficient (Wildman–Crippen LogP) is 1.31. The molecular formula is C12H23N3O. The second-order valence-electron chi connectivity index (χ2n) is 5.55. The van der Waals surface area contributed by atoms with E-state index in [1.54, 1.807) is 4.68 Å². The van der Waals surface area contributed by atoms with Crippen molar-refractivity contribution in [1.82, 2.24) is 15.1 Å². The Bertz CT molecular complexity index is 314. The molecule has 0 spiro atoms. The van der Waals surface area contributed by atoms with Gasteiger partial charge in [0.25, 0.3) is 0 Å². The van der Waals surface area contributed by atoms with Crippen LogP contribution in [-0.4, -0.2) is 27.5 Å². The third-order valence-corrected chi connectivity index (χ3v) is 2.43. The largest absolute Gasteiger partial charge is 0.395 e. The lowest BCUT2D eigenvalue weighted by molar-refractivity contribution is 0.198. The summed E-state index contributed by atoms with van der Waals surface area (Å²) in [4.78, 5) is 0. The van der Waals surface area contributed by atoms with Crippen LogP contribution < -0.4 is 5.32 Å². The van der Waals surface area contributed by atoms with E-state index in [-0.39, 0.29) is 18.1 Å². The Balaban J connectivity index is 2.40. The predicted molar refractivity (Wildman–Crippen MR) is 65.0 cm³/mol. The van der Waals surface area contributed by atoms with Crippen LogP contribution in [0.4, 0.5) is 0 Å². The third kappa shape index (κ3) is 4.77. The summed E-state index contributed by atoms with van der Waals surface area (Å²) < 4.78 is 1.79. The first kappa shape index (κ1) is 13.2. The second-order valence-corrected chi connectivity index (χ2v) is 5.55. The number of aromatic nitrogens is 2. The van der Waals surface area contributed by atoms with E-state index in [0.29, 0.717) is 0 Å². The summed E-state index contributed by atoms with van der Waals surface area (Å²) in [5, 5.41) is 16.8. The number of hydrogen-bond donors (Lipinski definition) is 2. The first-order valence-electron chi connectivity index (χ1n) is 5.72. The molecule has 92 valence electrons. The van der Waals surface area contributed by atoms with Crippen LogP contribution in [0.25, 0.3) is 0 Å². The van der Waals surface area contributed by atoms with Gasteiger partial charge < -0.3 is 10.4 Å². The molecule has 1 aromatic heterocycles. The van der Waals surface area contributed by atoms with Crippen molar-refractivity contribution in [3.05, 3.63) is 18.0 Å². The van der Waals surface area contributed by atoms with Gasteiger partial charge in [-0.2, -0.15) is 5.10 Å². The van der Waals surface area contributed by atoms with E-state index in [0.717, 1.165) is 18.5 Å². The summed E-state index contributed by atoms with van der Waals surface area (Å²) >= 11 is 0. The molecule has 0 aliphatic heterocycles. The van der Waals surface area contributed by atoms with Gasteiger partial charge in [0.05, 0.1) is 12.8 Å². The van der Waals surface area contributed by atoms with Gasteiger partial charge in [0.1, 0.15) is 0 Å². The molecule has 0 aliphatic carbocycles. The molecule has 1 rings (SSSR count). The van der Waals surface area contributed by atoms with Crippen LogP contribution in [0.5, 0.6) is 0 Å². The standard InChI is InChI=1S/C12H23N3O/c1-12(2,3)5-11(9-16)13-6-10-7-14-15(4)8-10/h7-8,11,13,16H,5-6,9H2,1-4H3. The van der Waals surface area contributed by atoms with Gasteiger partial charge in [-0.15, -0.1) is 0 Å². The zero-order valence-electron chi connectivity index (χ0n) is 10.7. The zero-order valence-corrected chi connectivity index (χ0v) is 10.7. The van der Waals surface area contributed by atoms with Crippen LogP contribution in [0.2, 0.25) is 0 Å². The van der Waals surface area contributed by atoms with Gasteiger partial charge in [0.2, 0.25) is 0 Å². The number of nitrogens with zero attached hydrogens (tertiary/aromatic N) is 2. The normalized spacial score (nSPS) is 14.1. The quantitative estimate of drug-likeness (QED) is 0.794. The molecule has 0 saturated carbocycles. The third-order valence-electron chi connectivity index (χ3n) is 2.43. The average Bonchev–Trinajstić information content (AvgIpc) is 2.57. The first-order chi connectivity index (χ1) is 7.40. The molecule has 2 N–H and O–H groups in total. The molecule has 1 unspecified atom stereocenters. The Labute approximate surface area is 97.7 Å². The SMILES string of the molecule is Cn1cc(CNC(CO)CC(C)(C)C)cn1. The molecule has 16 heavy (non-hydrogen) atoms. The minimum absolute atomic E-state index is 0.153. The van der Waals surface area contributed by atoms with Crippen molar-refractivity contribution in [3.8, 4) is 0 Å². The number of nitrogens with one attached hydrogen (secondary N) is 1. The highest BCUT2D eigenvalue weighted by Gasteiger charge is 2.17. The van der Waals surface area contributed by atoms with E-state index in [2.05, 4.69) is 31.2 Å². The van der Waals surface area contributed by atoms with Crippen molar-refractivity contribution in [2.45, 2.75) is 39.8 Å². The van der Waals surface area contributed by atoms with E-state index in [1.807, 2.05) is 19.4 Å². The van der Waals surface area contributed by atoms with Gasteiger partial charge in [0, 0.05) is 31.4 Å². The van der Waals surface area contributed by atoms with Crippen molar-refractivity contribution in [2.75, 3.05) is 6.61 Å². The molecule has 0 amide bonds. The van der Waals surface area contributed by atoms with Gasteiger partial charge >= 0.3 is 0 Å². The zero-order chi connectivity index (χ0) is 12.2. The fourth-order valence-electron chi connectivity index (χ4n) is 1.77. The maximum Gasteiger partial charge on any atom is 0.0584 e. The Kier molecular flexibility index (Phi) is 4.50. The van der Waals surface area contributed by atoms with Crippen LogP contribution in [0.15, 0.2) is 12.4 Å². The lowest BCUT2D eigenvalue weighted by Gasteiger charge is -2.25. The molecule has 0 bridgehead atoms. The molecule has 0 radical (unpaired) electrons. The van der Waals surface area contributed by atoms with Crippen molar-refractivity contribution < 1.29 is 5.11 Å². The lowest BCUT2D eigenvalue weighted by atomic mass is 9.88. The second kappa shape index (κ2) is 5.46. The lowest BCUT2D eigenvalue weighted by Crippen LogP contribution is -2.35. The van der Waals surface area contributed by atoms with E-state index in [1.165, 1.54) is 0 Å². The Hall–Kier alpha value is -0.870. The Morgan fingerprint density at radius 1 is 1.50 bits per heavy atom. The molecule has 0 fully saturated rings. The molecule has 1 heterocycles. The highest BCUT2D eigenvalue weighted by Crippen LogP contribution is 2.20. The summed E-state index contributed by atoms with van der Waals surface area (Å²) in [5.41, 5.74) is 1.38. The minimum atomic E-state index is 0.153. The number of aryl methyl sites for hydroxylation is 1. The maximum atomic E-state index is 9.29. The fourth-order valence-corrected chi connectivity index (χ4v) is 1.77. The van der Waals surface area contributed by atoms with E-state index < -0.39 is 0 Å². The van der Waals surface area contributed by atoms with Crippen LogP contribution in [-0.2, 0) is 13.6 Å². The average molecular weight is 225 g/mol. The Morgan fingerprint density at radius 3 is 2.62 bits per heavy atom. The smallest absolute Gasteiger partial charge is 0.0584 e. The summed E-state index contributed by atoms with van der Waals surface area (Å²) in [7, 11) is 1.90. The summed E-state index contributed by atoms with van der Waals surface area (Å²) in [6, 6.07) is 0.153. The molecule has 4 heteroatoms. The van der Waals surface area contributed by atoms with E-state index >= 15 is 0 Å². The van der Waals surface area contributed by atoms with Crippen LogP contribution in [0.3, 0.4) is 0 Å². The molecule has 1 aromatic rings. The van der Waals surface area contributed by atoms with E-state index in [9.17, 15) is 5.11 Å². The minimum Gasteiger partial charge on any atom is -0.395 e. The van der Waals surface area contributed by atoms with Crippen molar-refractivity contribution in [3.63, 3.8) is 0 Å². The highest BCUT2D eigenvalue weighted by molar-refractivity contribution is 5.03. The topological polar surface area (TPSA) is 50.1 Å². The number of rotatable bonds is 5. The first-order valence-corrected chi connectivity index (χ1v) is 5.72. The van der Waals surface area contributed by atoms with Crippen molar-refractivity contribution >= 4 is 0 Å². The van der Waals surface area contributed by atoms with Crippen molar-refractivity contribution in [1.29, 1.82) is 0 Å². The molecule has 0 aromatic carbocycles. The molecule has 0 saturated heterocycles.